The monoisotopic (exact) mass is 401 g/mol. The second-order valence-electron chi connectivity index (χ2n) is 3.96. The van der Waals surface area contributed by atoms with Gasteiger partial charge in [-0.1, -0.05) is 28.1 Å². The Bertz CT molecular complexity index is 508. The Hall–Kier alpha value is -0.550. The summed E-state index contributed by atoms with van der Waals surface area (Å²) in [6.07, 6.45) is 0. The normalized spacial score (nSPS) is 10.3. The first-order chi connectivity index (χ1) is 8.15. The van der Waals surface area contributed by atoms with Gasteiger partial charge in [-0.05, 0) is 71.0 Å². The molecule has 1 N–H and O–H groups in total. The van der Waals surface area contributed by atoms with Crippen LogP contribution < -0.4 is 5.32 Å². The number of aryl methyl sites for hydroxylation is 1. The number of anilines is 1. The molecule has 0 saturated heterocycles. The molecule has 0 fully saturated rings. The van der Waals surface area contributed by atoms with Gasteiger partial charge in [0.15, 0.2) is 0 Å². The lowest BCUT2D eigenvalue weighted by atomic mass is 10.1. The van der Waals surface area contributed by atoms with Gasteiger partial charge in [0.25, 0.3) is 0 Å². The molecule has 0 spiro atoms. The molecule has 2 rings (SSSR count). The molecule has 2 aromatic carbocycles. The van der Waals surface area contributed by atoms with Crippen molar-refractivity contribution in [2.75, 3.05) is 5.32 Å². The van der Waals surface area contributed by atoms with Crippen molar-refractivity contribution in [2.45, 2.75) is 13.5 Å². The molecule has 0 heterocycles. The highest BCUT2D eigenvalue weighted by Crippen LogP contribution is 2.20. The smallest absolute Gasteiger partial charge is 0.0411 e. The predicted molar refractivity (Wildman–Crippen MR) is 85.4 cm³/mol. The van der Waals surface area contributed by atoms with Crippen molar-refractivity contribution in [2.24, 2.45) is 0 Å². The van der Waals surface area contributed by atoms with Gasteiger partial charge in [0.2, 0.25) is 0 Å². The zero-order valence-corrected chi connectivity index (χ0v) is 13.2. The number of hydrogen-bond acceptors (Lipinski definition) is 1. The molecule has 0 aliphatic heterocycles. The Labute approximate surface area is 124 Å². The maximum Gasteiger partial charge on any atom is 0.0411 e. The van der Waals surface area contributed by atoms with E-state index >= 15 is 0 Å². The summed E-state index contributed by atoms with van der Waals surface area (Å²) >= 11 is 5.90. The fourth-order valence-corrected chi connectivity index (χ4v) is 2.55. The molecule has 0 unspecified atom stereocenters. The first-order valence-electron chi connectivity index (χ1n) is 5.39. The molecular weight excluding hydrogens is 389 g/mol. The van der Waals surface area contributed by atoms with Crippen molar-refractivity contribution in [3.05, 3.63) is 61.6 Å². The van der Waals surface area contributed by atoms with Gasteiger partial charge in [0, 0.05) is 20.3 Å². The number of halogens is 2. The third-order valence-electron chi connectivity index (χ3n) is 2.54. The summed E-state index contributed by atoms with van der Waals surface area (Å²) in [5.74, 6) is 0. The Kier molecular flexibility index (Phi) is 4.45. The highest BCUT2D eigenvalue weighted by atomic mass is 127. The number of hydrogen-bond donors (Lipinski definition) is 1. The maximum atomic E-state index is 3.59. The van der Waals surface area contributed by atoms with Crippen molar-refractivity contribution >= 4 is 44.2 Å². The van der Waals surface area contributed by atoms with Crippen LogP contribution in [0.3, 0.4) is 0 Å². The van der Waals surface area contributed by atoms with Crippen LogP contribution in [0.15, 0.2) is 46.9 Å². The van der Waals surface area contributed by atoms with Crippen molar-refractivity contribution in [3.63, 3.8) is 0 Å². The van der Waals surface area contributed by atoms with Gasteiger partial charge in [0.05, 0.1) is 0 Å². The van der Waals surface area contributed by atoms with Gasteiger partial charge in [-0.3, -0.25) is 0 Å². The molecule has 1 nitrogen and oxygen atoms in total. The van der Waals surface area contributed by atoms with Gasteiger partial charge in [-0.25, -0.2) is 0 Å². The van der Waals surface area contributed by atoms with E-state index in [0.29, 0.717) is 0 Å². The Morgan fingerprint density at radius 1 is 1.12 bits per heavy atom. The predicted octanol–water partition coefficient (Wildman–Crippen LogP) is 4.97. The van der Waals surface area contributed by atoms with Crippen LogP contribution in [0.4, 0.5) is 5.69 Å². The van der Waals surface area contributed by atoms with E-state index in [4.69, 9.17) is 0 Å². The summed E-state index contributed by atoms with van der Waals surface area (Å²) in [6, 6.07) is 14.8. The quantitative estimate of drug-likeness (QED) is 0.715. The van der Waals surface area contributed by atoms with Crippen LogP contribution in [0.1, 0.15) is 11.1 Å². The topological polar surface area (TPSA) is 12.0 Å². The molecule has 0 bridgehead atoms. The van der Waals surface area contributed by atoms with Crippen LogP contribution in [0.25, 0.3) is 0 Å². The van der Waals surface area contributed by atoms with E-state index in [2.05, 4.69) is 93.2 Å². The summed E-state index contributed by atoms with van der Waals surface area (Å²) in [7, 11) is 0. The van der Waals surface area contributed by atoms with E-state index in [1.54, 1.807) is 0 Å². The lowest BCUT2D eigenvalue weighted by Crippen LogP contribution is -2.00. The summed E-state index contributed by atoms with van der Waals surface area (Å²) in [4.78, 5) is 0. The average molecular weight is 402 g/mol. The van der Waals surface area contributed by atoms with Gasteiger partial charge in [-0.15, -0.1) is 0 Å². The fourth-order valence-electron chi connectivity index (χ4n) is 1.56. The minimum atomic E-state index is 0.835. The maximum absolute atomic E-state index is 3.59. The summed E-state index contributed by atoms with van der Waals surface area (Å²) in [5.41, 5.74) is 3.70. The fraction of sp³-hybridized carbons (Fsp3) is 0.143. The summed E-state index contributed by atoms with van der Waals surface area (Å²) in [6.45, 7) is 2.93. The van der Waals surface area contributed by atoms with Gasteiger partial charge in [-0.2, -0.15) is 0 Å². The zero-order chi connectivity index (χ0) is 12.3. The van der Waals surface area contributed by atoms with Gasteiger partial charge < -0.3 is 5.32 Å². The van der Waals surface area contributed by atoms with E-state index < -0.39 is 0 Å². The summed E-state index contributed by atoms with van der Waals surface area (Å²) < 4.78 is 2.42. The minimum Gasteiger partial charge on any atom is -0.381 e. The molecule has 17 heavy (non-hydrogen) atoms. The second kappa shape index (κ2) is 5.87. The molecule has 2 aromatic rings. The van der Waals surface area contributed by atoms with Crippen molar-refractivity contribution < 1.29 is 0 Å². The lowest BCUT2D eigenvalue weighted by molar-refractivity contribution is 1.13. The third kappa shape index (κ3) is 3.71. The molecule has 0 atom stereocenters. The first-order valence-corrected chi connectivity index (χ1v) is 7.27. The average Bonchev–Trinajstić information content (AvgIpc) is 2.30. The van der Waals surface area contributed by atoms with Crippen LogP contribution in [0.5, 0.6) is 0 Å². The highest BCUT2D eigenvalue weighted by Gasteiger charge is 2.00. The van der Waals surface area contributed by atoms with Crippen molar-refractivity contribution in [1.29, 1.82) is 0 Å². The standard InChI is InChI=1S/C14H13BrIN/c1-10-2-3-11(14(15)8-10)9-17-13-6-4-12(16)5-7-13/h2-8,17H,9H2,1H3. The highest BCUT2D eigenvalue weighted by molar-refractivity contribution is 14.1. The van der Waals surface area contributed by atoms with Crippen LogP contribution >= 0.6 is 38.5 Å². The zero-order valence-electron chi connectivity index (χ0n) is 9.50. The molecule has 0 saturated carbocycles. The number of rotatable bonds is 3. The van der Waals surface area contributed by atoms with Gasteiger partial charge >= 0.3 is 0 Å². The Morgan fingerprint density at radius 3 is 2.47 bits per heavy atom. The molecule has 0 amide bonds. The third-order valence-corrected chi connectivity index (χ3v) is 3.99. The summed E-state index contributed by atoms with van der Waals surface area (Å²) in [5, 5.41) is 3.42. The largest absolute Gasteiger partial charge is 0.381 e. The van der Waals surface area contributed by atoms with E-state index in [-0.39, 0.29) is 0 Å². The van der Waals surface area contributed by atoms with E-state index in [1.165, 1.54) is 14.7 Å². The van der Waals surface area contributed by atoms with Crippen LogP contribution in [0.2, 0.25) is 0 Å². The molecule has 88 valence electrons. The molecular formula is C14H13BrIN. The van der Waals surface area contributed by atoms with E-state index in [9.17, 15) is 0 Å². The molecule has 3 heteroatoms. The molecule has 0 aliphatic carbocycles. The molecule has 0 radical (unpaired) electrons. The molecule has 0 aromatic heterocycles. The Morgan fingerprint density at radius 2 is 1.82 bits per heavy atom. The minimum absolute atomic E-state index is 0.835. The second-order valence-corrected chi connectivity index (χ2v) is 6.06. The number of nitrogens with one attached hydrogen (secondary N) is 1. The van der Waals surface area contributed by atoms with E-state index in [0.717, 1.165) is 16.7 Å². The van der Waals surface area contributed by atoms with Crippen LogP contribution in [-0.4, -0.2) is 0 Å². The Balaban J connectivity index is 2.04. The van der Waals surface area contributed by atoms with Crippen molar-refractivity contribution in [3.8, 4) is 0 Å². The SMILES string of the molecule is Cc1ccc(CNc2ccc(I)cc2)c(Br)c1. The lowest BCUT2D eigenvalue weighted by Gasteiger charge is -2.09. The van der Waals surface area contributed by atoms with Crippen LogP contribution in [0, 0.1) is 10.5 Å². The molecule has 0 aliphatic rings. The van der Waals surface area contributed by atoms with E-state index in [1.807, 2.05) is 0 Å². The number of benzene rings is 2. The van der Waals surface area contributed by atoms with Gasteiger partial charge in [0.1, 0.15) is 0 Å². The van der Waals surface area contributed by atoms with Crippen molar-refractivity contribution in [1.82, 2.24) is 0 Å². The first kappa shape index (κ1) is 12.9. The van der Waals surface area contributed by atoms with Crippen LogP contribution in [-0.2, 0) is 6.54 Å².